The fourth-order valence-electron chi connectivity index (χ4n) is 6.45. The van der Waals surface area contributed by atoms with Crippen LogP contribution in [0, 0.1) is 17.3 Å². The standard InChI is InChI=1S/C26H30O2/c1-26-13-12-22-21-11-9-20(28-2)15-18(21)8-10-23(22)24(26)16-19(25(26)27)14-17-6-4-3-5-7-17/h3-7,9,11,14-15,22-25,27H,8,10,12-13,16H2,1-2H3. The Morgan fingerprint density at radius 2 is 1.93 bits per heavy atom. The third-order valence-electron chi connectivity index (χ3n) is 7.95. The molecule has 0 saturated heterocycles. The average molecular weight is 375 g/mol. The van der Waals surface area contributed by atoms with Crippen LogP contribution in [0.3, 0.4) is 0 Å². The summed E-state index contributed by atoms with van der Waals surface area (Å²) >= 11 is 0. The Balaban J connectivity index is 1.47. The summed E-state index contributed by atoms with van der Waals surface area (Å²) in [4.78, 5) is 0. The third-order valence-corrected chi connectivity index (χ3v) is 7.95. The Morgan fingerprint density at radius 1 is 1.11 bits per heavy atom. The minimum Gasteiger partial charge on any atom is -0.497 e. The Kier molecular flexibility index (Phi) is 4.35. The number of methoxy groups -OCH3 is 1. The molecule has 0 heterocycles. The summed E-state index contributed by atoms with van der Waals surface area (Å²) in [7, 11) is 1.75. The summed E-state index contributed by atoms with van der Waals surface area (Å²) < 4.78 is 5.45. The van der Waals surface area contributed by atoms with Crippen molar-refractivity contribution in [3.8, 4) is 5.75 Å². The number of ether oxygens (including phenoxy) is 1. The molecule has 0 aromatic heterocycles. The lowest BCUT2D eigenvalue weighted by atomic mass is 9.55. The second-order valence-corrected chi connectivity index (χ2v) is 9.26. The molecule has 0 bridgehead atoms. The molecule has 2 heteroatoms. The van der Waals surface area contributed by atoms with E-state index in [1.165, 1.54) is 35.1 Å². The van der Waals surface area contributed by atoms with Gasteiger partial charge in [-0.25, -0.2) is 0 Å². The van der Waals surface area contributed by atoms with Gasteiger partial charge < -0.3 is 9.84 Å². The first-order valence-corrected chi connectivity index (χ1v) is 10.7. The molecule has 146 valence electrons. The van der Waals surface area contributed by atoms with Gasteiger partial charge in [0.05, 0.1) is 13.2 Å². The van der Waals surface area contributed by atoms with Crippen LogP contribution in [0.2, 0.25) is 0 Å². The van der Waals surface area contributed by atoms with Gasteiger partial charge in [0.2, 0.25) is 0 Å². The van der Waals surface area contributed by atoms with Crippen molar-refractivity contribution in [3.63, 3.8) is 0 Å². The Morgan fingerprint density at radius 3 is 2.71 bits per heavy atom. The molecule has 5 rings (SSSR count). The number of aliphatic hydroxyl groups is 1. The van der Waals surface area contributed by atoms with E-state index < -0.39 is 0 Å². The van der Waals surface area contributed by atoms with Crippen LogP contribution >= 0.6 is 0 Å². The number of aryl methyl sites for hydroxylation is 1. The van der Waals surface area contributed by atoms with Crippen molar-refractivity contribution >= 4 is 6.08 Å². The number of hydrogen-bond donors (Lipinski definition) is 1. The minimum absolute atomic E-state index is 0.0196. The van der Waals surface area contributed by atoms with Crippen molar-refractivity contribution in [2.24, 2.45) is 17.3 Å². The zero-order valence-electron chi connectivity index (χ0n) is 16.9. The molecule has 3 aliphatic carbocycles. The summed E-state index contributed by atoms with van der Waals surface area (Å²) in [6, 6.07) is 17.1. The topological polar surface area (TPSA) is 29.5 Å². The molecule has 2 nitrogen and oxygen atoms in total. The molecule has 0 amide bonds. The van der Waals surface area contributed by atoms with Gasteiger partial charge in [0.15, 0.2) is 0 Å². The van der Waals surface area contributed by atoms with E-state index in [2.05, 4.69) is 55.5 Å². The summed E-state index contributed by atoms with van der Waals surface area (Å²) in [5, 5.41) is 11.3. The summed E-state index contributed by atoms with van der Waals surface area (Å²) in [5.74, 6) is 2.86. The second kappa shape index (κ2) is 6.77. The van der Waals surface area contributed by atoms with Gasteiger partial charge in [-0.15, -0.1) is 0 Å². The van der Waals surface area contributed by atoms with Crippen molar-refractivity contribution in [2.75, 3.05) is 7.11 Å². The van der Waals surface area contributed by atoms with Crippen molar-refractivity contribution in [3.05, 3.63) is 70.8 Å². The van der Waals surface area contributed by atoms with E-state index in [0.717, 1.165) is 25.0 Å². The average Bonchev–Trinajstić information content (AvgIpc) is 2.99. The molecule has 2 aromatic carbocycles. The first kappa shape index (κ1) is 18.0. The van der Waals surface area contributed by atoms with E-state index in [0.29, 0.717) is 17.8 Å². The maximum absolute atomic E-state index is 11.3. The van der Waals surface area contributed by atoms with Crippen LogP contribution in [0.15, 0.2) is 54.1 Å². The van der Waals surface area contributed by atoms with Gasteiger partial charge >= 0.3 is 0 Å². The van der Waals surface area contributed by atoms with E-state index in [9.17, 15) is 5.11 Å². The highest BCUT2D eigenvalue weighted by molar-refractivity contribution is 5.55. The highest BCUT2D eigenvalue weighted by Crippen LogP contribution is 2.62. The number of benzene rings is 2. The van der Waals surface area contributed by atoms with Crippen LogP contribution in [-0.2, 0) is 6.42 Å². The summed E-state index contributed by atoms with van der Waals surface area (Å²) in [6.45, 7) is 2.34. The molecular weight excluding hydrogens is 344 g/mol. The first-order chi connectivity index (χ1) is 13.6. The zero-order valence-corrected chi connectivity index (χ0v) is 16.9. The second-order valence-electron chi connectivity index (χ2n) is 9.26. The Hall–Kier alpha value is -2.06. The fourth-order valence-corrected chi connectivity index (χ4v) is 6.45. The van der Waals surface area contributed by atoms with Gasteiger partial charge in [-0.2, -0.15) is 0 Å². The van der Waals surface area contributed by atoms with Gasteiger partial charge in [-0.05, 0) is 84.3 Å². The Bertz CT molecular complexity index is 900. The zero-order chi connectivity index (χ0) is 19.3. The molecule has 28 heavy (non-hydrogen) atoms. The fraction of sp³-hybridized carbons (Fsp3) is 0.462. The van der Waals surface area contributed by atoms with Crippen molar-refractivity contribution in [1.82, 2.24) is 0 Å². The van der Waals surface area contributed by atoms with E-state index >= 15 is 0 Å². The van der Waals surface area contributed by atoms with E-state index in [1.54, 1.807) is 7.11 Å². The predicted molar refractivity (Wildman–Crippen MR) is 113 cm³/mol. The molecule has 0 aliphatic heterocycles. The maximum atomic E-state index is 11.3. The highest BCUT2D eigenvalue weighted by atomic mass is 16.5. The van der Waals surface area contributed by atoms with Crippen LogP contribution in [-0.4, -0.2) is 18.3 Å². The van der Waals surface area contributed by atoms with E-state index in [4.69, 9.17) is 4.74 Å². The Labute approximate surface area is 168 Å². The van der Waals surface area contributed by atoms with Gasteiger partial charge in [0, 0.05) is 5.41 Å². The quantitative estimate of drug-likeness (QED) is 0.741. The van der Waals surface area contributed by atoms with Crippen LogP contribution in [0.5, 0.6) is 5.75 Å². The lowest BCUT2D eigenvalue weighted by Gasteiger charge is -2.49. The molecule has 2 aromatic rings. The van der Waals surface area contributed by atoms with Gasteiger partial charge in [-0.1, -0.05) is 49.4 Å². The number of fused-ring (bicyclic) bond motifs is 5. The molecular formula is C26H30O2. The van der Waals surface area contributed by atoms with E-state index in [1.807, 2.05) is 6.07 Å². The van der Waals surface area contributed by atoms with Crippen LogP contribution in [0.25, 0.3) is 6.08 Å². The van der Waals surface area contributed by atoms with Crippen LogP contribution < -0.4 is 4.74 Å². The molecule has 5 unspecified atom stereocenters. The largest absolute Gasteiger partial charge is 0.497 e. The number of aliphatic hydroxyl groups excluding tert-OH is 1. The molecule has 5 atom stereocenters. The smallest absolute Gasteiger partial charge is 0.119 e. The molecule has 0 radical (unpaired) electrons. The number of hydrogen-bond acceptors (Lipinski definition) is 2. The molecule has 0 spiro atoms. The van der Waals surface area contributed by atoms with Gasteiger partial charge in [-0.3, -0.25) is 0 Å². The molecule has 1 N–H and O–H groups in total. The van der Waals surface area contributed by atoms with Crippen LogP contribution in [0.1, 0.15) is 55.2 Å². The summed E-state index contributed by atoms with van der Waals surface area (Å²) in [6.07, 6.45) is 7.63. The highest BCUT2D eigenvalue weighted by Gasteiger charge is 2.56. The van der Waals surface area contributed by atoms with Crippen molar-refractivity contribution in [2.45, 2.75) is 51.0 Å². The van der Waals surface area contributed by atoms with Gasteiger partial charge in [0.25, 0.3) is 0 Å². The maximum Gasteiger partial charge on any atom is 0.119 e. The first-order valence-electron chi connectivity index (χ1n) is 10.7. The van der Waals surface area contributed by atoms with Crippen molar-refractivity contribution < 1.29 is 9.84 Å². The molecule has 2 fully saturated rings. The predicted octanol–water partition coefficient (Wildman–Crippen LogP) is 5.61. The molecule has 2 saturated carbocycles. The number of rotatable bonds is 2. The third kappa shape index (κ3) is 2.73. The normalized spacial score (nSPS) is 35.2. The van der Waals surface area contributed by atoms with Crippen molar-refractivity contribution in [1.29, 1.82) is 0 Å². The van der Waals surface area contributed by atoms with E-state index in [-0.39, 0.29) is 11.5 Å². The lowest BCUT2D eigenvalue weighted by Crippen LogP contribution is -2.44. The van der Waals surface area contributed by atoms with Crippen LogP contribution in [0.4, 0.5) is 0 Å². The minimum atomic E-state index is -0.309. The monoisotopic (exact) mass is 374 g/mol. The molecule has 3 aliphatic rings. The summed E-state index contributed by atoms with van der Waals surface area (Å²) in [5.41, 5.74) is 5.47. The SMILES string of the molecule is COc1ccc2c(c1)CCC1C2CCC2(C)C(O)C(=Cc3ccccc3)CC12. The lowest BCUT2D eigenvalue weighted by molar-refractivity contribution is -0.0158. The van der Waals surface area contributed by atoms with Gasteiger partial charge in [0.1, 0.15) is 5.75 Å².